The van der Waals surface area contributed by atoms with Crippen molar-refractivity contribution in [3.8, 4) is 5.75 Å². The number of rotatable bonds is 7. The van der Waals surface area contributed by atoms with Crippen LogP contribution in [0.5, 0.6) is 5.75 Å². The Hall–Kier alpha value is -2.74. The summed E-state index contributed by atoms with van der Waals surface area (Å²) in [4.78, 5) is 12.4. The van der Waals surface area contributed by atoms with Crippen LogP contribution in [0, 0.1) is 20.8 Å². The first-order valence-corrected chi connectivity index (χ1v) is 9.54. The van der Waals surface area contributed by atoms with Crippen LogP contribution in [-0.2, 0) is 19.7 Å². The molecular weight excluding hydrogens is 362 g/mol. The number of carbonyl (C=O) groups excluding carboxylic acids is 1. The lowest BCUT2D eigenvalue weighted by molar-refractivity contribution is 0.0951. The molecule has 2 heterocycles. The highest BCUT2D eigenvalue weighted by atomic mass is 32.1. The highest BCUT2D eigenvalue weighted by Gasteiger charge is 2.13. The van der Waals surface area contributed by atoms with Crippen LogP contribution in [0.3, 0.4) is 0 Å². The number of ether oxygens (including phenoxy) is 1. The van der Waals surface area contributed by atoms with Crippen LogP contribution in [0.2, 0.25) is 0 Å². The van der Waals surface area contributed by atoms with Crippen molar-refractivity contribution in [3.05, 3.63) is 58.2 Å². The van der Waals surface area contributed by atoms with Crippen molar-refractivity contribution in [1.82, 2.24) is 23.8 Å². The van der Waals surface area contributed by atoms with Crippen molar-refractivity contribution in [1.29, 1.82) is 0 Å². The predicted molar refractivity (Wildman–Crippen MR) is 104 cm³/mol. The molecule has 2 aromatic heterocycles. The molecule has 0 radical (unpaired) electrons. The molecule has 0 aliphatic rings. The summed E-state index contributed by atoms with van der Waals surface area (Å²) >= 11 is 1.18. The SMILES string of the molecule is CCn1nc(C)c(CNC(=O)c2ccc(OCc3nsnc3C)cc2)c1C. The molecule has 1 amide bonds. The number of amides is 1. The van der Waals surface area contributed by atoms with Crippen molar-refractivity contribution in [3.63, 3.8) is 0 Å². The molecule has 0 fully saturated rings. The van der Waals surface area contributed by atoms with Gasteiger partial charge in [0.15, 0.2) is 0 Å². The summed E-state index contributed by atoms with van der Waals surface area (Å²) in [5.41, 5.74) is 5.41. The maximum Gasteiger partial charge on any atom is 0.251 e. The normalized spacial score (nSPS) is 10.8. The standard InChI is InChI=1S/C19H23N5O2S/c1-5-24-14(4)17(12(2)21-24)10-20-19(25)15-6-8-16(9-7-15)26-11-18-13(3)22-27-23-18/h6-9H,5,10-11H2,1-4H3,(H,20,25). The third kappa shape index (κ3) is 4.33. The first kappa shape index (κ1) is 19.0. The molecule has 0 spiro atoms. The Bertz CT molecular complexity index is 930. The molecule has 1 aromatic carbocycles. The van der Waals surface area contributed by atoms with E-state index in [-0.39, 0.29) is 5.91 Å². The fourth-order valence-electron chi connectivity index (χ4n) is 2.80. The molecule has 0 atom stereocenters. The summed E-state index contributed by atoms with van der Waals surface area (Å²) in [6.45, 7) is 9.60. The summed E-state index contributed by atoms with van der Waals surface area (Å²) in [5.74, 6) is 0.569. The van der Waals surface area contributed by atoms with E-state index in [0.29, 0.717) is 24.5 Å². The van der Waals surface area contributed by atoms with Gasteiger partial charge in [0, 0.05) is 29.9 Å². The molecule has 0 unspecified atom stereocenters. The van der Waals surface area contributed by atoms with E-state index in [1.807, 2.05) is 25.5 Å². The van der Waals surface area contributed by atoms with Gasteiger partial charge in [0.1, 0.15) is 18.1 Å². The Morgan fingerprint density at radius 2 is 1.89 bits per heavy atom. The second-order valence-corrected chi connectivity index (χ2v) is 6.79. The van der Waals surface area contributed by atoms with Gasteiger partial charge < -0.3 is 10.1 Å². The minimum absolute atomic E-state index is 0.121. The van der Waals surface area contributed by atoms with E-state index in [2.05, 4.69) is 26.1 Å². The molecule has 0 aliphatic carbocycles. The maximum atomic E-state index is 12.4. The summed E-state index contributed by atoms with van der Waals surface area (Å²) in [5, 5.41) is 7.44. The molecule has 1 N–H and O–H groups in total. The van der Waals surface area contributed by atoms with E-state index in [1.165, 1.54) is 11.7 Å². The largest absolute Gasteiger partial charge is 0.487 e. The Kier molecular flexibility index (Phi) is 5.85. The lowest BCUT2D eigenvalue weighted by atomic mass is 10.1. The summed E-state index contributed by atoms with van der Waals surface area (Å²) in [7, 11) is 0. The lowest BCUT2D eigenvalue weighted by Crippen LogP contribution is -2.23. The van der Waals surface area contributed by atoms with Gasteiger partial charge in [-0.15, -0.1) is 0 Å². The van der Waals surface area contributed by atoms with Gasteiger partial charge in [-0.3, -0.25) is 9.48 Å². The molecule has 8 heteroatoms. The Labute approximate surface area is 162 Å². The molecule has 7 nitrogen and oxygen atoms in total. The second kappa shape index (κ2) is 8.30. The molecule has 0 aliphatic heterocycles. The minimum Gasteiger partial charge on any atom is -0.487 e. The number of hydrogen-bond acceptors (Lipinski definition) is 6. The Balaban J connectivity index is 1.57. The monoisotopic (exact) mass is 385 g/mol. The van der Waals surface area contributed by atoms with E-state index >= 15 is 0 Å². The average Bonchev–Trinajstić information content (AvgIpc) is 3.20. The van der Waals surface area contributed by atoms with Crippen LogP contribution in [0.15, 0.2) is 24.3 Å². The van der Waals surface area contributed by atoms with E-state index in [0.717, 1.165) is 34.9 Å². The van der Waals surface area contributed by atoms with Crippen molar-refractivity contribution in [2.24, 2.45) is 0 Å². The van der Waals surface area contributed by atoms with Gasteiger partial charge in [-0.1, -0.05) is 0 Å². The summed E-state index contributed by atoms with van der Waals surface area (Å²) in [6, 6.07) is 7.09. The fourth-order valence-corrected chi connectivity index (χ4v) is 3.36. The minimum atomic E-state index is -0.121. The van der Waals surface area contributed by atoms with Gasteiger partial charge in [-0.25, -0.2) is 0 Å². The lowest BCUT2D eigenvalue weighted by Gasteiger charge is -2.08. The Morgan fingerprint density at radius 1 is 1.15 bits per heavy atom. The first-order chi connectivity index (χ1) is 13.0. The molecule has 3 aromatic rings. The van der Waals surface area contributed by atoms with E-state index in [9.17, 15) is 4.79 Å². The van der Waals surface area contributed by atoms with E-state index in [4.69, 9.17) is 4.74 Å². The highest BCUT2D eigenvalue weighted by molar-refractivity contribution is 6.99. The first-order valence-electron chi connectivity index (χ1n) is 8.81. The molecule has 0 saturated carbocycles. The van der Waals surface area contributed by atoms with Gasteiger partial charge in [0.25, 0.3) is 5.91 Å². The fraction of sp³-hybridized carbons (Fsp3) is 0.368. The molecule has 142 valence electrons. The van der Waals surface area contributed by atoms with Crippen LogP contribution in [0.1, 0.15) is 45.6 Å². The number of aromatic nitrogens is 4. The van der Waals surface area contributed by atoms with Gasteiger partial charge in [-0.2, -0.15) is 13.8 Å². The van der Waals surface area contributed by atoms with E-state index < -0.39 is 0 Å². The van der Waals surface area contributed by atoms with Crippen LogP contribution in [-0.4, -0.2) is 24.4 Å². The number of nitrogens with one attached hydrogen (secondary N) is 1. The van der Waals surface area contributed by atoms with Crippen molar-refractivity contribution >= 4 is 17.6 Å². The number of benzene rings is 1. The average molecular weight is 385 g/mol. The molecule has 0 bridgehead atoms. The van der Waals surface area contributed by atoms with Crippen LogP contribution < -0.4 is 10.1 Å². The maximum absolute atomic E-state index is 12.4. The van der Waals surface area contributed by atoms with E-state index in [1.54, 1.807) is 24.3 Å². The molecular formula is C19H23N5O2S. The van der Waals surface area contributed by atoms with Crippen LogP contribution in [0.25, 0.3) is 0 Å². The summed E-state index contributed by atoms with van der Waals surface area (Å²) in [6.07, 6.45) is 0. The van der Waals surface area contributed by atoms with Crippen molar-refractivity contribution in [2.45, 2.75) is 47.4 Å². The number of aryl methyl sites for hydroxylation is 3. The van der Waals surface area contributed by atoms with Gasteiger partial charge in [0.2, 0.25) is 0 Å². The molecule has 27 heavy (non-hydrogen) atoms. The van der Waals surface area contributed by atoms with Gasteiger partial charge >= 0.3 is 0 Å². The number of hydrogen-bond donors (Lipinski definition) is 1. The zero-order valence-electron chi connectivity index (χ0n) is 15.9. The third-order valence-electron chi connectivity index (χ3n) is 4.50. The molecule has 0 saturated heterocycles. The topological polar surface area (TPSA) is 81.9 Å². The number of nitrogens with zero attached hydrogens (tertiary/aromatic N) is 4. The molecule has 3 rings (SSSR count). The summed E-state index contributed by atoms with van der Waals surface area (Å²) < 4.78 is 16.0. The quantitative estimate of drug-likeness (QED) is 0.675. The smallest absolute Gasteiger partial charge is 0.251 e. The zero-order chi connectivity index (χ0) is 19.4. The van der Waals surface area contributed by atoms with Crippen molar-refractivity contribution in [2.75, 3.05) is 0 Å². The Morgan fingerprint density at radius 3 is 2.48 bits per heavy atom. The number of carbonyl (C=O) groups is 1. The zero-order valence-corrected chi connectivity index (χ0v) is 16.8. The van der Waals surface area contributed by atoms with Crippen molar-refractivity contribution < 1.29 is 9.53 Å². The second-order valence-electron chi connectivity index (χ2n) is 6.26. The predicted octanol–water partition coefficient (Wildman–Crippen LogP) is 3.19. The van der Waals surface area contributed by atoms with Gasteiger partial charge in [-0.05, 0) is 52.0 Å². The third-order valence-corrected chi connectivity index (χ3v) is 5.15. The van der Waals surface area contributed by atoms with Crippen LogP contribution in [0.4, 0.5) is 0 Å². The van der Waals surface area contributed by atoms with Crippen LogP contribution >= 0.6 is 11.7 Å². The highest BCUT2D eigenvalue weighted by Crippen LogP contribution is 2.16. The van der Waals surface area contributed by atoms with Gasteiger partial charge in [0.05, 0.1) is 23.1 Å².